The number of hydrogen-bond acceptors (Lipinski definition) is 2. The molecule has 0 spiro atoms. The van der Waals surface area contributed by atoms with E-state index in [0.717, 1.165) is 0 Å². The number of nitrogens with zero attached hydrogens (tertiary/aromatic N) is 1. The summed E-state index contributed by atoms with van der Waals surface area (Å²) in [7, 11) is 0. The van der Waals surface area contributed by atoms with Gasteiger partial charge >= 0.3 is 0 Å². The van der Waals surface area contributed by atoms with Crippen LogP contribution in [0.15, 0.2) is 16.2 Å². The minimum absolute atomic E-state index is 0.303. The summed E-state index contributed by atoms with van der Waals surface area (Å²) in [6, 6.07) is 0. The minimum Gasteiger partial charge on any atom is -0.352 e. The van der Waals surface area contributed by atoms with E-state index in [0.29, 0.717) is 10.5 Å². The molecule has 0 saturated carbocycles. The first kappa shape index (κ1) is 5.92. The van der Waals surface area contributed by atoms with Crippen LogP contribution in [-0.4, -0.2) is 5.29 Å². The van der Waals surface area contributed by atoms with E-state index in [2.05, 4.69) is 10.3 Å². The third-order valence-electron chi connectivity index (χ3n) is 0.628. The molecule has 0 bridgehead atoms. The highest BCUT2D eigenvalue weighted by Crippen LogP contribution is 2.07. The zero-order valence-electron chi connectivity index (χ0n) is 3.86. The van der Waals surface area contributed by atoms with Crippen molar-refractivity contribution in [1.82, 2.24) is 5.32 Å². The fraction of sp³-hybridized carbons (Fsp3) is 0. The van der Waals surface area contributed by atoms with Crippen LogP contribution in [0.2, 0.25) is 0 Å². The molecule has 1 rings (SSSR count). The van der Waals surface area contributed by atoms with Crippen molar-refractivity contribution in [3.8, 4) is 0 Å². The largest absolute Gasteiger partial charge is 0.352 e. The van der Waals surface area contributed by atoms with Gasteiger partial charge in [-0.15, -0.1) is 0 Å². The fourth-order valence-corrected chi connectivity index (χ4v) is 0.687. The third kappa shape index (κ3) is 1.39. The van der Waals surface area contributed by atoms with Gasteiger partial charge in [-0.05, 0) is 17.7 Å². The maximum atomic E-state index is 5.43. The van der Waals surface area contributed by atoms with Gasteiger partial charge in [0, 0.05) is 0 Å². The molecule has 0 amide bonds. The van der Waals surface area contributed by atoms with Crippen molar-refractivity contribution in [1.29, 1.82) is 0 Å². The normalized spacial score (nSPS) is 18.8. The molecule has 0 aromatic rings. The van der Waals surface area contributed by atoms with Crippen molar-refractivity contribution in [2.24, 2.45) is 4.99 Å². The van der Waals surface area contributed by atoms with Crippen molar-refractivity contribution >= 4 is 28.5 Å². The average Bonchev–Trinajstić information content (AvgIpc) is 1.64. The van der Waals surface area contributed by atoms with Crippen molar-refractivity contribution in [2.75, 3.05) is 0 Å². The highest BCUT2D eigenvalue weighted by molar-refractivity contribution is 6.65. The summed E-state index contributed by atoms with van der Waals surface area (Å²) >= 11 is 10.8. The molecule has 1 N–H and O–H groups in total. The predicted molar refractivity (Wildman–Crippen MR) is 34.7 cm³/mol. The average molecular weight is 150 g/mol. The van der Waals surface area contributed by atoms with E-state index in [1.165, 1.54) is 0 Å². The van der Waals surface area contributed by atoms with E-state index in [1.807, 2.05) is 0 Å². The minimum atomic E-state index is 0.303. The molecule has 2 nitrogen and oxygen atoms in total. The van der Waals surface area contributed by atoms with Crippen LogP contribution >= 0.6 is 23.2 Å². The highest BCUT2D eigenvalue weighted by Gasteiger charge is 1.98. The molecule has 1 radical (unpaired) electrons. The Bertz CT molecular complexity index is 150. The van der Waals surface area contributed by atoms with Crippen molar-refractivity contribution in [3.05, 3.63) is 17.8 Å². The van der Waals surface area contributed by atoms with E-state index in [-0.39, 0.29) is 0 Å². The second-order valence-corrected chi connectivity index (χ2v) is 1.95. The standard InChI is InChI=1S/C4H3Cl2N2/c5-3-1-2-7-4(6)8-3/h1-2H,(H,7,8). The van der Waals surface area contributed by atoms with Gasteiger partial charge in [-0.1, -0.05) is 11.6 Å². The second-order valence-electron chi connectivity index (χ2n) is 1.20. The van der Waals surface area contributed by atoms with Gasteiger partial charge in [-0.25, -0.2) is 4.99 Å². The van der Waals surface area contributed by atoms with Gasteiger partial charge in [-0.2, -0.15) is 0 Å². The predicted octanol–water partition coefficient (Wildman–Crippen LogP) is 1.43. The summed E-state index contributed by atoms with van der Waals surface area (Å²) in [6.45, 7) is 1.62. The van der Waals surface area contributed by atoms with Crippen LogP contribution in [0.1, 0.15) is 0 Å². The fourth-order valence-electron chi connectivity index (χ4n) is 0.343. The maximum absolute atomic E-state index is 5.43. The van der Waals surface area contributed by atoms with E-state index < -0.39 is 0 Å². The molecule has 0 aromatic carbocycles. The van der Waals surface area contributed by atoms with Gasteiger partial charge in [0.1, 0.15) is 5.16 Å². The Balaban J connectivity index is 2.69. The summed E-state index contributed by atoms with van der Waals surface area (Å²) < 4.78 is 0. The SMILES string of the molecule is ClC1=C[CH]NC(Cl)=N1. The number of aliphatic imine (C=N–C) groups is 1. The summed E-state index contributed by atoms with van der Waals surface area (Å²) in [5.41, 5.74) is 0. The monoisotopic (exact) mass is 149 g/mol. The third-order valence-corrected chi connectivity index (χ3v) is 1.03. The number of hydrogen-bond donors (Lipinski definition) is 1. The van der Waals surface area contributed by atoms with Gasteiger partial charge in [0.05, 0.1) is 6.54 Å². The second kappa shape index (κ2) is 2.37. The van der Waals surface area contributed by atoms with Crippen LogP contribution in [0.3, 0.4) is 0 Å². The molecule has 8 heavy (non-hydrogen) atoms. The van der Waals surface area contributed by atoms with E-state index >= 15 is 0 Å². The van der Waals surface area contributed by atoms with Crippen LogP contribution < -0.4 is 5.32 Å². The van der Waals surface area contributed by atoms with Crippen LogP contribution in [0.4, 0.5) is 0 Å². The van der Waals surface area contributed by atoms with Crippen LogP contribution in [0.25, 0.3) is 0 Å². The molecule has 1 aliphatic rings. The highest BCUT2D eigenvalue weighted by atomic mass is 35.5. The van der Waals surface area contributed by atoms with Crippen LogP contribution in [-0.2, 0) is 0 Å². The lowest BCUT2D eigenvalue weighted by molar-refractivity contribution is 1.15. The molecule has 0 fully saturated rings. The lowest BCUT2D eigenvalue weighted by Gasteiger charge is -2.03. The number of halogens is 2. The quantitative estimate of drug-likeness (QED) is 0.519. The maximum Gasteiger partial charge on any atom is 0.197 e. The number of amidine groups is 1. The molecule has 0 unspecified atom stereocenters. The van der Waals surface area contributed by atoms with Gasteiger partial charge in [0.2, 0.25) is 0 Å². The van der Waals surface area contributed by atoms with Crippen molar-refractivity contribution in [2.45, 2.75) is 0 Å². The molecule has 0 aliphatic carbocycles. The van der Waals surface area contributed by atoms with E-state index in [9.17, 15) is 0 Å². The number of nitrogens with one attached hydrogen (secondary N) is 1. The Labute approximate surface area is 57.2 Å². The topological polar surface area (TPSA) is 24.4 Å². The Morgan fingerprint density at radius 2 is 2.25 bits per heavy atom. The molecule has 1 aliphatic heterocycles. The summed E-state index contributed by atoms with van der Waals surface area (Å²) in [5, 5.41) is 3.34. The van der Waals surface area contributed by atoms with Crippen LogP contribution in [0, 0.1) is 6.54 Å². The molecule has 43 valence electrons. The van der Waals surface area contributed by atoms with Crippen molar-refractivity contribution < 1.29 is 0 Å². The lowest BCUT2D eigenvalue weighted by atomic mass is 10.6. The molecule has 0 atom stereocenters. The Morgan fingerprint density at radius 1 is 1.50 bits per heavy atom. The molecule has 1 heterocycles. The van der Waals surface area contributed by atoms with Gasteiger partial charge in [0.15, 0.2) is 5.29 Å². The molecular weight excluding hydrogens is 147 g/mol. The van der Waals surface area contributed by atoms with E-state index in [1.54, 1.807) is 12.6 Å². The van der Waals surface area contributed by atoms with Gasteiger partial charge < -0.3 is 5.32 Å². The smallest absolute Gasteiger partial charge is 0.197 e. The summed E-state index contributed by atoms with van der Waals surface area (Å²) in [4.78, 5) is 3.65. The Kier molecular flexibility index (Phi) is 1.76. The first-order valence-electron chi connectivity index (χ1n) is 1.99. The summed E-state index contributed by atoms with van der Waals surface area (Å²) in [5.74, 6) is 0. The van der Waals surface area contributed by atoms with Crippen LogP contribution in [0.5, 0.6) is 0 Å². The zero-order chi connectivity index (χ0) is 5.98. The molecule has 0 aromatic heterocycles. The molecule has 4 heteroatoms. The van der Waals surface area contributed by atoms with Crippen molar-refractivity contribution in [3.63, 3.8) is 0 Å². The molecule has 0 saturated heterocycles. The van der Waals surface area contributed by atoms with E-state index in [4.69, 9.17) is 23.2 Å². The Morgan fingerprint density at radius 3 is 2.62 bits per heavy atom. The number of rotatable bonds is 0. The Hall–Kier alpha value is -0.210. The zero-order valence-corrected chi connectivity index (χ0v) is 5.37. The first-order chi connectivity index (χ1) is 3.79. The first-order valence-corrected chi connectivity index (χ1v) is 2.74. The van der Waals surface area contributed by atoms with Gasteiger partial charge in [-0.3, -0.25) is 0 Å². The summed E-state index contributed by atoms with van der Waals surface area (Å²) in [6.07, 6.45) is 1.62. The lowest BCUT2D eigenvalue weighted by Crippen LogP contribution is -2.16. The molecular formula is C4H3Cl2N2. The van der Waals surface area contributed by atoms with Gasteiger partial charge in [0.25, 0.3) is 0 Å².